The Labute approximate surface area is 133 Å². The van der Waals surface area contributed by atoms with Gasteiger partial charge in [0.25, 0.3) is 0 Å². The summed E-state index contributed by atoms with van der Waals surface area (Å²) in [4.78, 5) is 8.72. The molecule has 1 N–H and O–H groups in total. The fraction of sp³-hybridized carbons (Fsp3) is 0.0556. The van der Waals surface area contributed by atoms with Crippen LogP contribution >= 0.6 is 0 Å². The summed E-state index contributed by atoms with van der Waals surface area (Å²) in [5.74, 6) is 0.826. The van der Waals surface area contributed by atoms with E-state index in [-0.39, 0.29) is 0 Å². The maximum atomic E-state index is 4.70. The van der Waals surface area contributed by atoms with Crippen LogP contribution in [-0.4, -0.2) is 19.6 Å². The standard InChI is InChI=1S/C18H15N5/c1-2-4-15(5-3-1)16-13-21-23-11-8-17(22-18(16)23)20-12-14-6-9-19-10-7-14/h1-11,13H,12H2,(H,20,22). The molecule has 4 aromatic rings. The molecule has 0 fully saturated rings. The molecule has 1 aromatic carbocycles. The molecule has 0 bridgehead atoms. The number of nitrogens with zero attached hydrogens (tertiary/aromatic N) is 4. The van der Waals surface area contributed by atoms with Crippen molar-refractivity contribution in [2.75, 3.05) is 5.32 Å². The number of rotatable bonds is 4. The summed E-state index contributed by atoms with van der Waals surface area (Å²) in [7, 11) is 0. The highest BCUT2D eigenvalue weighted by molar-refractivity contribution is 5.77. The van der Waals surface area contributed by atoms with E-state index in [1.165, 1.54) is 5.56 Å². The van der Waals surface area contributed by atoms with Crippen molar-refractivity contribution in [2.45, 2.75) is 6.54 Å². The molecule has 0 unspecified atom stereocenters. The molecule has 23 heavy (non-hydrogen) atoms. The molecule has 112 valence electrons. The maximum absolute atomic E-state index is 4.70. The molecular weight excluding hydrogens is 286 g/mol. The van der Waals surface area contributed by atoms with Gasteiger partial charge in [-0.25, -0.2) is 9.50 Å². The van der Waals surface area contributed by atoms with E-state index in [0.29, 0.717) is 6.54 Å². The molecule has 3 aromatic heterocycles. The molecular formula is C18H15N5. The molecule has 0 amide bonds. The van der Waals surface area contributed by atoms with Crippen LogP contribution in [0.5, 0.6) is 0 Å². The predicted octanol–water partition coefficient (Wildman–Crippen LogP) is 3.40. The number of nitrogens with one attached hydrogen (secondary N) is 1. The molecule has 0 radical (unpaired) electrons. The van der Waals surface area contributed by atoms with Crippen LogP contribution in [-0.2, 0) is 6.54 Å². The second-order valence-electron chi connectivity index (χ2n) is 5.21. The molecule has 0 aliphatic rings. The minimum atomic E-state index is 0.709. The third kappa shape index (κ3) is 2.76. The third-order valence-corrected chi connectivity index (χ3v) is 3.68. The maximum Gasteiger partial charge on any atom is 0.165 e. The first-order valence-electron chi connectivity index (χ1n) is 7.43. The van der Waals surface area contributed by atoms with Crippen molar-refractivity contribution < 1.29 is 0 Å². The number of hydrogen-bond donors (Lipinski definition) is 1. The molecule has 0 spiro atoms. The van der Waals surface area contributed by atoms with Gasteiger partial charge in [0, 0.05) is 30.7 Å². The Morgan fingerprint density at radius 1 is 0.957 bits per heavy atom. The van der Waals surface area contributed by atoms with E-state index in [0.717, 1.165) is 22.6 Å². The van der Waals surface area contributed by atoms with Gasteiger partial charge in [0.05, 0.1) is 6.20 Å². The van der Waals surface area contributed by atoms with Gasteiger partial charge in [-0.05, 0) is 29.3 Å². The van der Waals surface area contributed by atoms with Crippen molar-refractivity contribution in [1.82, 2.24) is 19.6 Å². The second-order valence-corrected chi connectivity index (χ2v) is 5.21. The van der Waals surface area contributed by atoms with E-state index in [9.17, 15) is 0 Å². The Kier molecular flexibility index (Phi) is 3.44. The first-order valence-corrected chi connectivity index (χ1v) is 7.43. The highest BCUT2D eigenvalue weighted by Gasteiger charge is 2.08. The lowest BCUT2D eigenvalue weighted by molar-refractivity contribution is 0.936. The smallest absolute Gasteiger partial charge is 0.165 e. The van der Waals surface area contributed by atoms with E-state index in [2.05, 4.69) is 27.5 Å². The van der Waals surface area contributed by atoms with Crippen LogP contribution in [0.25, 0.3) is 16.8 Å². The number of aromatic nitrogens is 4. The average Bonchev–Trinajstić information content (AvgIpc) is 3.05. The van der Waals surface area contributed by atoms with Crippen LogP contribution in [0.2, 0.25) is 0 Å². The molecule has 0 aliphatic heterocycles. The van der Waals surface area contributed by atoms with Crippen LogP contribution in [0.15, 0.2) is 73.3 Å². The Hall–Kier alpha value is -3.21. The van der Waals surface area contributed by atoms with Gasteiger partial charge in [-0.3, -0.25) is 4.98 Å². The molecule has 5 nitrogen and oxygen atoms in total. The summed E-state index contributed by atoms with van der Waals surface area (Å²) in [5.41, 5.74) is 4.15. The highest BCUT2D eigenvalue weighted by atomic mass is 15.2. The first kappa shape index (κ1) is 13.5. The van der Waals surface area contributed by atoms with Crippen LogP contribution in [0.1, 0.15) is 5.56 Å². The predicted molar refractivity (Wildman–Crippen MR) is 90.0 cm³/mol. The summed E-state index contributed by atoms with van der Waals surface area (Å²) in [5, 5.41) is 7.71. The third-order valence-electron chi connectivity index (χ3n) is 3.68. The lowest BCUT2D eigenvalue weighted by atomic mass is 10.1. The normalized spacial score (nSPS) is 10.8. The van der Waals surface area contributed by atoms with Gasteiger partial charge in [0.1, 0.15) is 5.82 Å². The summed E-state index contributed by atoms with van der Waals surface area (Å²) in [6.07, 6.45) is 7.35. The zero-order chi connectivity index (χ0) is 15.5. The van der Waals surface area contributed by atoms with E-state index >= 15 is 0 Å². The van der Waals surface area contributed by atoms with Gasteiger partial charge in [-0.2, -0.15) is 5.10 Å². The Balaban J connectivity index is 1.65. The van der Waals surface area contributed by atoms with Gasteiger partial charge in [0.15, 0.2) is 5.65 Å². The molecule has 3 heterocycles. The molecule has 0 atom stereocenters. The largest absolute Gasteiger partial charge is 0.366 e. The minimum absolute atomic E-state index is 0.709. The topological polar surface area (TPSA) is 55.1 Å². The molecule has 5 heteroatoms. The summed E-state index contributed by atoms with van der Waals surface area (Å²) >= 11 is 0. The first-order chi connectivity index (χ1) is 11.4. The minimum Gasteiger partial charge on any atom is -0.366 e. The van der Waals surface area contributed by atoms with E-state index in [4.69, 9.17) is 4.98 Å². The van der Waals surface area contributed by atoms with E-state index in [1.54, 1.807) is 16.9 Å². The van der Waals surface area contributed by atoms with Crippen molar-refractivity contribution in [2.24, 2.45) is 0 Å². The molecule has 0 saturated carbocycles. The van der Waals surface area contributed by atoms with Crippen LogP contribution in [0.3, 0.4) is 0 Å². The quantitative estimate of drug-likeness (QED) is 0.627. The van der Waals surface area contributed by atoms with Crippen LogP contribution in [0, 0.1) is 0 Å². The SMILES string of the molecule is c1ccc(-c2cnn3ccc(NCc4ccncc4)nc23)cc1. The second kappa shape index (κ2) is 5.88. The average molecular weight is 301 g/mol. The van der Waals surface area contributed by atoms with Crippen LogP contribution in [0.4, 0.5) is 5.82 Å². The number of fused-ring (bicyclic) bond motifs is 1. The fourth-order valence-corrected chi connectivity index (χ4v) is 2.48. The van der Waals surface area contributed by atoms with E-state index in [1.807, 2.05) is 48.8 Å². The Bertz CT molecular complexity index is 916. The van der Waals surface area contributed by atoms with Crippen molar-refractivity contribution in [3.63, 3.8) is 0 Å². The van der Waals surface area contributed by atoms with E-state index < -0.39 is 0 Å². The van der Waals surface area contributed by atoms with Gasteiger partial charge in [0.2, 0.25) is 0 Å². The lowest BCUT2D eigenvalue weighted by Crippen LogP contribution is -2.02. The van der Waals surface area contributed by atoms with Gasteiger partial charge < -0.3 is 5.32 Å². The monoisotopic (exact) mass is 301 g/mol. The Morgan fingerprint density at radius 2 is 1.78 bits per heavy atom. The van der Waals surface area contributed by atoms with Crippen molar-refractivity contribution >= 4 is 11.5 Å². The van der Waals surface area contributed by atoms with Gasteiger partial charge in [-0.1, -0.05) is 30.3 Å². The molecule has 0 saturated heterocycles. The zero-order valence-electron chi connectivity index (χ0n) is 12.4. The number of hydrogen-bond acceptors (Lipinski definition) is 4. The summed E-state index contributed by atoms with van der Waals surface area (Å²) in [6.45, 7) is 0.709. The summed E-state index contributed by atoms with van der Waals surface area (Å²) in [6, 6.07) is 16.1. The summed E-state index contributed by atoms with van der Waals surface area (Å²) < 4.78 is 1.79. The van der Waals surface area contributed by atoms with Crippen molar-refractivity contribution in [3.8, 4) is 11.1 Å². The lowest BCUT2D eigenvalue weighted by Gasteiger charge is -2.06. The number of benzene rings is 1. The van der Waals surface area contributed by atoms with Crippen molar-refractivity contribution in [3.05, 3.63) is 78.9 Å². The highest BCUT2D eigenvalue weighted by Crippen LogP contribution is 2.23. The number of anilines is 1. The molecule has 4 rings (SSSR count). The Morgan fingerprint density at radius 3 is 2.61 bits per heavy atom. The van der Waals surface area contributed by atoms with Gasteiger partial charge in [-0.15, -0.1) is 0 Å². The zero-order valence-corrected chi connectivity index (χ0v) is 12.4. The molecule has 0 aliphatic carbocycles. The van der Waals surface area contributed by atoms with Crippen LogP contribution < -0.4 is 5.32 Å². The van der Waals surface area contributed by atoms with Crippen molar-refractivity contribution in [1.29, 1.82) is 0 Å². The fourth-order valence-electron chi connectivity index (χ4n) is 2.48. The van der Waals surface area contributed by atoms with Gasteiger partial charge >= 0.3 is 0 Å². The number of pyridine rings is 1.